The lowest BCUT2D eigenvalue weighted by atomic mass is 10.2. The Hall–Kier alpha value is -2.47. The van der Waals surface area contributed by atoms with Crippen molar-refractivity contribution in [1.82, 2.24) is 15.1 Å². The number of amides is 1. The van der Waals surface area contributed by atoms with Crippen LogP contribution in [0.1, 0.15) is 23.0 Å². The van der Waals surface area contributed by atoms with Crippen LogP contribution in [0.25, 0.3) is 0 Å². The Labute approximate surface area is 205 Å². The van der Waals surface area contributed by atoms with Gasteiger partial charge in [-0.15, -0.1) is 24.0 Å². The van der Waals surface area contributed by atoms with Crippen LogP contribution in [0.3, 0.4) is 0 Å². The van der Waals surface area contributed by atoms with Crippen LogP contribution < -0.4 is 14.8 Å². The average Bonchev–Trinajstić information content (AvgIpc) is 3.35. The van der Waals surface area contributed by atoms with E-state index < -0.39 is 0 Å². The Bertz CT molecular complexity index is 867. The van der Waals surface area contributed by atoms with E-state index in [1.807, 2.05) is 25.1 Å². The number of nitrogens with one attached hydrogen (secondary N) is 1. The van der Waals surface area contributed by atoms with E-state index in [1.165, 1.54) is 6.26 Å². The van der Waals surface area contributed by atoms with Crippen molar-refractivity contribution in [2.45, 2.75) is 13.5 Å². The number of nitrogens with zero attached hydrogens (tertiary/aromatic N) is 3. The molecule has 1 aliphatic rings. The fraction of sp³-hybridized carbons (Fsp3) is 0.455. The molecule has 2 N–H and O–H groups in total. The topological polar surface area (TPSA) is 99.8 Å². The summed E-state index contributed by atoms with van der Waals surface area (Å²) in [4.78, 5) is 21.2. The van der Waals surface area contributed by atoms with Crippen molar-refractivity contribution in [2.24, 2.45) is 4.99 Å². The summed E-state index contributed by atoms with van der Waals surface area (Å²) in [6.45, 7) is 6.01. The Kier molecular flexibility index (Phi) is 10.6. The van der Waals surface area contributed by atoms with E-state index in [2.05, 4.69) is 10.2 Å². The number of benzene rings is 1. The van der Waals surface area contributed by atoms with Gasteiger partial charge in [-0.25, -0.2) is 4.99 Å². The third-order valence-electron chi connectivity index (χ3n) is 4.92. The number of piperazine rings is 1. The summed E-state index contributed by atoms with van der Waals surface area (Å²) >= 11 is 0. The second-order valence-electron chi connectivity index (χ2n) is 6.98. The summed E-state index contributed by atoms with van der Waals surface area (Å²) in [5.74, 6) is 2.30. The van der Waals surface area contributed by atoms with Gasteiger partial charge in [0.05, 0.1) is 26.5 Å². The predicted molar refractivity (Wildman–Crippen MR) is 132 cm³/mol. The number of aliphatic hydroxyl groups excluding tert-OH is 1. The van der Waals surface area contributed by atoms with Crippen molar-refractivity contribution in [1.29, 1.82) is 0 Å². The van der Waals surface area contributed by atoms with Crippen LogP contribution in [-0.4, -0.2) is 79.8 Å². The number of guanidine groups is 1. The highest BCUT2D eigenvalue weighted by Gasteiger charge is 2.25. The smallest absolute Gasteiger partial charge is 0.289 e. The summed E-state index contributed by atoms with van der Waals surface area (Å²) in [7, 11) is 1.59. The number of methoxy groups -OCH3 is 1. The number of hydrogen-bond donors (Lipinski definition) is 2. The number of hydrogen-bond acceptors (Lipinski definition) is 6. The molecule has 0 spiro atoms. The minimum atomic E-state index is -0.0813. The number of carbonyl (C=O) groups is 1. The number of ether oxygens (including phenoxy) is 2. The minimum absolute atomic E-state index is 0. The highest BCUT2D eigenvalue weighted by molar-refractivity contribution is 14.0. The van der Waals surface area contributed by atoms with Gasteiger partial charge in [0.2, 0.25) is 0 Å². The molecular weight excluding hydrogens is 527 g/mol. The predicted octanol–water partition coefficient (Wildman–Crippen LogP) is 2.20. The molecule has 1 aliphatic heterocycles. The maximum atomic E-state index is 12.5. The van der Waals surface area contributed by atoms with E-state index in [-0.39, 0.29) is 43.1 Å². The van der Waals surface area contributed by atoms with Gasteiger partial charge >= 0.3 is 0 Å². The third kappa shape index (κ3) is 6.76. The van der Waals surface area contributed by atoms with Crippen LogP contribution in [-0.2, 0) is 6.54 Å². The molecule has 1 aromatic heterocycles. The van der Waals surface area contributed by atoms with Crippen LogP contribution in [0.2, 0.25) is 0 Å². The molecule has 10 heteroatoms. The highest BCUT2D eigenvalue weighted by Crippen LogP contribution is 2.28. The number of rotatable bonds is 8. The SMILES string of the molecule is CCNC(=NCc1ccc(OCCO)c(OC)c1)N1CCN(C(=O)c2ccco2)CC1.I. The first-order valence-corrected chi connectivity index (χ1v) is 10.4. The van der Waals surface area contributed by atoms with Gasteiger partial charge in [-0.3, -0.25) is 4.79 Å². The molecule has 176 valence electrons. The van der Waals surface area contributed by atoms with Crippen LogP contribution in [0.5, 0.6) is 11.5 Å². The van der Waals surface area contributed by atoms with Gasteiger partial charge in [-0.2, -0.15) is 0 Å². The number of aliphatic hydroxyl groups is 1. The Balaban J connectivity index is 0.00000363. The largest absolute Gasteiger partial charge is 0.493 e. The van der Waals surface area contributed by atoms with Crippen molar-refractivity contribution in [3.05, 3.63) is 47.9 Å². The molecule has 3 rings (SSSR count). The summed E-state index contributed by atoms with van der Waals surface area (Å²) in [5, 5.41) is 12.3. The average molecular weight is 558 g/mol. The fourth-order valence-corrected chi connectivity index (χ4v) is 3.35. The second kappa shape index (κ2) is 13.2. The van der Waals surface area contributed by atoms with E-state index in [0.29, 0.717) is 50.0 Å². The second-order valence-corrected chi connectivity index (χ2v) is 6.98. The Morgan fingerprint density at radius 1 is 1.19 bits per heavy atom. The normalized spacial score (nSPS) is 14.0. The monoisotopic (exact) mass is 558 g/mol. The molecule has 1 aromatic carbocycles. The van der Waals surface area contributed by atoms with Gasteiger partial charge < -0.3 is 34.1 Å². The molecule has 2 heterocycles. The first kappa shape index (κ1) is 25.8. The molecule has 9 nitrogen and oxygen atoms in total. The van der Waals surface area contributed by atoms with Crippen LogP contribution in [0.4, 0.5) is 0 Å². The number of halogens is 1. The zero-order valence-electron chi connectivity index (χ0n) is 18.5. The van der Waals surface area contributed by atoms with Gasteiger partial charge in [-0.05, 0) is 36.8 Å². The molecule has 1 saturated heterocycles. The van der Waals surface area contributed by atoms with E-state index in [9.17, 15) is 4.79 Å². The van der Waals surface area contributed by atoms with Crippen molar-refractivity contribution in [2.75, 3.05) is 53.0 Å². The van der Waals surface area contributed by atoms with Gasteiger partial charge in [0, 0.05) is 32.7 Å². The van der Waals surface area contributed by atoms with Crippen LogP contribution in [0.15, 0.2) is 46.0 Å². The molecule has 1 amide bonds. The lowest BCUT2D eigenvalue weighted by Crippen LogP contribution is -2.53. The van der Waals surface area contributed by atoms with Gasteiger partial charge in [0.15, 0.2) is 23.2 Å². The maximum absolute atomic E-state index is 12.5. The molecule has 0 radical (unpaired) electrons. The molecule has 0 atom stereocenters. The zero-order valence-corrected chi connectivity index (χ0v) is 20.8. The van der Waals surface area contributed by atoms with E-state index >= 15 is 0 Å². The van der Waals surface area contributed by atoms with E-state index in [4.69, 9.17) is 24.0 Å². The number of carbonyl (C=O) groups excluding carboxylic acids is 1. The first-order chi connectivity index (χ1) is 15.2. The van der Waals surface area contributed by atoms with Gasteiger partial charge in [0.1, 0.15) is 6.61 Å². The number of furan rings is 1. The summed E-state index contributed by atoms with van der Waals surface area (Å²) < 4.78 is 16.1. The molecule has 0 saturated carbocycles. The van der Waals surface area contributed by atoms with Gasteiger partial charge in [-0.1, -0.05) is 6.07 Å². The van der Waals surface area contributed by atoms with Crippen molar-refractivity contribution < 1.29 is 23.8 Å². The lowest BCUT2D eigenvalue weighted by molar-refractivity contribution is 0.0657. The van der Waals surface area contributed by atoms with E-state index in [0.717, 1.165) is 18.1 Å². The number of aliphatic imine (C=N–C) groups is 1. The standard InChI is InChI=1S/C22H30N4O5.HI/c1-3-23-22(24-16-17-6-7-18(31-14-12-27)20(15-17)29-2)26-10-8-25(9-11-26)21(28)19-5-4-13-30-19;/h4-7,13,15,27H,3,8-12,14,16H2,1-2H3,(H,23,24);1H. The quantitative estimate of drug-likeness (QED) is 0.291. The van der Waals surface area contributed by atoms with Crippen molar-refractivity contribution in [3.8, 4) is 11.5 Å². The first-order valence-electron chi connectivity index (χ1n) is 10.4. The third-order valence-corrected chi connectivity index (χ3v) is 4.92. The van der Waals surface area contributed by atoms with Crippen LogP contribution in [0, 0.1) is 0 Å². The molecule has 1 fully saturated rings. The molecule has 0 bridgehead atoms. The summed E-state index contributed by atoms with van der Waals surface area (Å²) in [5.41, 5.74) is 0.982. The zero-order chi connectivity index (χ0) is 22.1. The maximum Gasteiger partial charge on any atom is 0.289 e. The minimum Gasteiger partial charge on any atom is -0.493 e. The molecule has 0 aliphatic carbocycles. The molecule has 2 aromatic rings. The van der Waals surface area contributed by atoms with Crippen molar-refractivity contribution >= 4 is 35.8 Å². The molecule has 32 heavy (non-hydrogen) atoms. The Morgan fingerprint density at radius 2 is 1.94 bits per heavy atom. The van der Waals surface area contributed by atoms with Crippen LogP contribution >= 0.6 is 24.0 Å². The van der Waals surface area contributed by atoms with Crippen molar-refractivity contribution in [3.63, 3.8) is 0 Å². The highest BCUT2D eigenvalue weighted by atomic mass is 127. The molecule has 0 unspecified atom stereocenters. The van der Waals surface area contributed by atoms with Gasteiger partial charge in [0.25, 0.3) is 5.91 Å². The lowest BCUT2D eigenvalue weighted by Gasteiger charge is -2.36. The fourth-order valence-electron chi connectivity index (χ4n) is 3.35. The summed E-state index contributed by atoms with van der Waals surface area (Å²) in [6.07, 6.45) is 1.51. The molecular formula is C22H31IN4O5. The Morgan fingerprint density at radius 3 is 2.56 bits per heavy atom. The van der Waals surface area contributed by atoms with E-state index in [1.54, 1.807) is 24.1 Å². The summed E-state index contributed by atoms with van der Waals surface area (Å²) in [6, 6.07) is 9.06.